The van der Waals surface area contributed by atoms with Crippen LogP contribution in [-0.2, 0) is 14.8 Å². The molecule has 1 aliphatic rings. The molecule has 5 nitrogen and oxygen atoms in total. The SMILES string of the molecule is CCC(C)(C)NC(=O)[C@@H]1CCCN(S(=O)(=O)c2ccc(C)c(Cl)c2)C1. The molecule has 1 aromatic carbocycles. The summed E-state index contributed by atoms with van der Waals surface area (Å²) in [6, 6.07) is 4.75. The van der Waals surface area contributed by atoms with Crippen LogP contribution in [0.15, 0.2) is 23.1 Å². The molecule has 25 heavy (non-hydrogen) atoms. The summed E-state index contributed by atoms with van der Waals surface area (Å²) in [5.74, 6) is -0.399. The lowest BCUT2D eigenvalue weighted by atomic mass is 9.95. The third-order valence-corrected chi connectivity index (χ3v) is 7.15. The number of piperidine rings is 1. The van der Waals surface area contributed by atoms with Crippen molar-refractivity contribution in [3.63, 3.8) is 0 Å². The van der Waals surface area contributed by atoms with Gasteiger partial charge in [-0.25, -0.2) is 8.42 Å². The molecule has 0 spiro atoms. The van der Waals surface area contributed by atoms with Crippen molar-refractivity contribution in [2.24, 2.45) is 5.92 Å². The third-order valence-electron chi connectivity index (χ3n) is 4.88. The maximum Gasteiger partial charge on any atom is 0.243 e. The maximum atomic E-state index is 12.9. The van der Waals surface area contributed by atoms with Gasteiger partial charge in [-0.2, -0.15) is 4.31 Å². The number of benzene rings is 1. The van der Waals surface area contributed by atoms with E-state index in [-0.39, 0.29) is 28.8 Å². The van der Waals surface area contributed by atoms with Crippen LogP contribution in [0.5, 0.6) is 0 Å². The van der Waals surface area contributed by atoms with Crippen LogP contribution < -0.4 is 5.32 Å². The van der Waals surface area contributed by atoms with Gasteiger partial charge in [0.1, 0.15) is 0 Å². The molecule has 0 bridgehead atoms. The molecule has 1 aliphatic heterocycles. The average Bonchev–Trinajstić information content (AvgIpc) is 2.57. The summed E-state index contributed by atoms with van der Waals surface area (Å²) >= 11 is 6.08. The first-order valence-corrected chi connectivity index (χ1v) is 10.5. The topological polar surface area (TPSA) is 66.5 Å². The first kappa shape index (κ1) is 20.2. The number of aryl methyl sites for hydroxylation is 1. The highest BCUT2D eigenvalue weighted by Gasteiger charge is 2.34. The number of hydrogen-bond donors (Lipinski definition) is 1. The summed E-state index contributed by atoms with van der Waals surface area (Å²) in [4.78, 5) is 12.7. The van der Waals surface area contributed by atoms with Crippen molar-refractivity contribution in [3.8, 4) is 0 Å². The van der Waals surface area contributed by atoms with E-state index in [0.29, 0.717) is 24.4 Å². The minimum Gasteiger partial charge on any atom is -0.351 e. The lowest BCUT2D eigenvalue weighted by molar-refractivity contribution is -0.127. The zero-order valence-corrected chi connectivity index (χ0v) is 16.9. The molecule has 0 aliphatic carbocycles. The lowest BCUT2D eigenvalue weighted by Crippen LogP contribution is -2.50. The standard InChI is InChI=1S/C18H27ClN2O3S/c1-5-18(3,4)20-17(22)14-7-6-10-21(12-14)25(23,24)15-9-8-13(2)16(19)11-15/h8-9,11,14H,5-7,10,12H2,1-4H3,(H,20,22)/t14-/m1/s1. The molecule has 1 atom stereocenters. The van der Waals surface area contributed by atoms with Crippen LogP contribution in [0.3, 0.4) is 0 Å². The second-order valence-corrected chi connectivity index (χ2v) is 9.69. The molecule has 1 heterocycles. The van der Waals surface area contributed by atoms with Gasteiger partial charge in [-0.15, -0.1) is 0 Å². The van der Waals surface area contributed by atoms with E-state index in [0.717, 1.165) is 12.0 Å². The van der Waals surface area contributed by atoms with Crippen molar-refractivity contribution in [2.75, 3.05) is 13.1 Å². The van der Waals surface area contributed by atoms with E-state index in [4.69, 9.17) is 11.6 Å². The fourth-order valence-corrected chi connectivity index (χ4v) is 4.58. The van der Waals surface area contributed by atoms with Gasteiger partial charge in [0.2, 0.25) is 15.9 Å². The molecule has 0 aromatic heterocycles. The van der Waals surface area contributed by atoms with E-state index >= 15 is 0 Å². The van der Waals surface area contributed by atoms with Crippen LogP contribution in [0.2, 0.25) is 5.02 Å². The Morgan fingerprint density at radius 3 is 2.68 bits per heavy atom. The molecule has 0 radical (unpaired) electrons. The number of carbonyl (C=O) groups excluding carboxylic acids is 1. The highest BCUT2D eigenvalue weighted by atomic mass is 35.5. The number of carbonyl (C=O) groups is 1. The molecular weight excluding hydrogens is 360 g/mol. The minimum atomic E-state index is -3.65. The average molecular weight is 387 g/mol. The summed E-state index contributed by atoms with van der Waals surface area (Å²) in [7, 11) is -3.65. The Kier molecular flexibility index (Phi) is 6.17. The van der Waals surface area contributed by atoms with Crippen LogP contribution >= 0.6 is 11.6 Å². The van der Waals surface area contributed by atoms with Crippen LogP contribution in [0.25, 0.3) is 0 Å². The van der Waals surface area contributed by atoms with Gasteiger partial charge in [0, 0.05) is 23.7 Å². The molecule has 1 amide bonds. The molecule has 1 saturated heterocycles. The molecule has 0 unspecified atom stereocenters. The van der Waals surface area contributed by atoms with E-state index in [9.17, 15) is 13.2 Å². The number of rotatable bonds is 5. The Morgan fingerprint density at radius 1 is 1.40 bits per heavy atom. The van der Waals surface area contributed by atoms with Crippen LogP contribution in [-0.4, -0.2) is 37.3 Å². The van der Waals surface area contributed by atoms with Gasteiger partial charge >= 0.3 is 0 Å². The summed E-state index contributed by atoms with van der Waals surface area (Å²) in [6.07, 6.45) is 2.19. The smallest absolute Gasteiger partial charge is 0.243 e. The number of sulfonamides is 1. The molecule has 1 aromatic rings. The van der Waals surface area contributed by atoms with Crippen LogP contribution in [0.4, 0.5) is 0 Å². The molecule has 1 fully saturated rings. The number of amides is 1. The summed E-state index contributed by atoms with van der Waals surface area (Å²) in [6.45, 7) is 8.41. The van der Waals surface area contributed by atoms with Gasteiger partial charge in [0.15, 0.2) is 0 Å². The molecule has 2 rings (SSSR count). The Balaban J connectivity index is 2.17. The van der Waals surface area contributed by atoms with Gasteiger partial charge in [0.05, 0.1) is 10.8 Å². The van der Waals surface area contributed by atoms with Crippen molar-refractivity contribution in [2.45, 2.75) is 57.4 Å². The van der Waals surface area contributed by atoms with Gasteiger partial charge < -0.3 is 5.32 Å². The molecule has 1 N–H and O–H groups in total. The Hall–Kier alpha value is -1.11. The van der Waals surface area contributed by atoms with Gasteiger partial charge in [-0.1, -0.05) is 24.6 Å². The maximum absolute atomic E-state index is 12.9. The number of halogens is 1. The van der Waals surface area contributed by atoms with Gasteiger partial charge in [0.25, 0.3) is 0 Å². The van der Waals surface area contributed by atoms with E-state index < -0.39 is 10.0 Å². The largest absolute Gasteiger partial charge is 0.351 e. The first-order chi connectivity index (χ1) is 11.6. The number of nitrogens with one attached hydrogen (secondary N) is 1. The predicted molar refractivity (Wildman–Crippen MR) is 100 cm³/mol. The fourth-order valence-electron chi connectivity index (χ4n) is 2.78. The summed E-state index contributed by atoms with van der Waals surface area (Å²) in [5, 5.41) is 3.45. The monoisotopic (exact) mass is 386 g/mol. The minimum absolute atomic E-state index is 0.0753. The van der Waals surface area contributed by atoms with Crippen molar-refractivity contribution in [1.82, 2.24) is 9.62 Å². The van der Waals surface area contributed by atoms with Gasteiger partial charge in [-0.05, 0) is 57.7 Å². The number of nitrogens with zero attached hydrogens (tertiary/aromatic N) is 1. The van der Waals surface area contributed by atoms with E-state index in [1.54, 1.807) is 12.1 Å². The Bertz CT molecular complexity index is 747. The normalized spacial score (nSPS) is 19.6. The second kappa shape index (κ2) is 7.64. The van der Waals surface area contributed by atoms with E-state index in [1.807, 2.05) is 27.7 Å². The van der Waals surface area contributed by atoms with Crippen LogP contribution in [0, 0.1) is 12.8 Å². The summed E-state index contributed by atoms with van der Waals surface area (Å²) in [5.41, 5.74) is 0.543. The summed E-state index contributed by atoms with van der Waals surface area (Å²) < 4.78 is 27.2. The molecule has 140 valence electrons. The van der Waals surface area contributed by atoms with Crippen molar-refractivity contribution < 1.29 is 13.2 Å². The third kappa shape index (κ3) is 4.74. The molecular formula is C18H27ClN2O3S. The van der Waals surface area contributed by atoms with E-state index in [2.05, 4.69) is 5.32 Å². The molecule has 0 saturated carbocycles. The zero-order valence-electron chi connectivity index (χ0n) is 15.3. The van der Waals surface area contributed by atoms with Crippen molar-refractivity contribution in [3.05, 3.63) is 28.8 Å². The highest BCUT2D eigenvalue weighted by Crippen LogP contribution is 2.27. The first-order valence-electron chi connectivity index (χ1n) is 8.65. The zero-order chi connectivity index (χ0) is 18.8. The van der Waals surface area contributed by atoms with Crippen molar-refractivity contribution >= 4 is 27.5 Å². The Labute approximate surface area is 155 Å². The van der Waals surface area contributed by atoms with Crippen LogP contribution in [0.1, 0.15) is 45.6 Å². The van der Waals surface area contributed by atoms with Crippen molar-refractivity contribution in [1.29, 1.82) is 0 Å². The van der Waals surface area contributed by atoms with Gasteiger partial charge in [-0.3, -0.25) is 4.79 Å². The number of hydrogen-bond acceptors (Lipinski definition) is 3. The quantitative estimate of drug-likeness (QED) is 0.843. The van der Waals surface area contributed by atoms with E-state index in [1.165, 1.54) is 10.4 Å². The lowest BCUT2D eigenvalue weighted by Gasteiger charge is -2.33. The highest BCUT2D eigenvalue weighted by molar-refractivity contribution is 7.89. The molecule has 7 heteroatoms. The second-order valence-electron chi connectivity index (χ2n) is 7.34. The fraction of sp³-hybridized carbons (Fsp3) is 0.611. The Morgan fingerprint density at radius 2 is 2.08 bits per heavy atom. The predicted octanol–water partition coefficient (Wildman–Crippen LogP) is 3.35.